The van der Waals surface area contributed by atoms with Crippen LogP contribution in [-0.2, 0) is 0 Å². The highest BCUT2D eigenvalue weighted by atomic mass is 19.1. The Hall–Kier alpha value is -3.51. The number of nitrogens with one attached hydrogen (secondary N) is 1. The van der Waals surface area contributed by atoms with Crippen molar-refractivity contribution in [2.24, 2.45) is 5.73 Å². The SMILES string of the molecule is CC/C(=C(/c1ccc(OCCN)cc1)c1ccc(N)c(C=N)c1)c1c(F)cccc1F. The molecule has 6 heteroatoms. The van der Waals surface area contributed by atoms with E-state index in [1.807, 2.05) is 19.1 Å². The van der Waals surface area contributed by atoms with Crippen molar-refractivity contribution in [2.75, 3.05) is 18.9 Å². The highest BCUT2D eigenvalue weighted by Crippen LogP contribution is 2.37. The Kier molecular flexibility index (Phi) is 7.15. The van der Waals surface area contributed by atoms with Crippen LogP contribution >= 0.6 is 0 Å². The fourth-order valence-electron chi connectivity index (χ4n) is 3.53. The average molecular weight is 421 g/mol. The molecule has 3 rings (SSSR count). The van der Waals surface area contributed by atoms with Crippen LogP contribution in [0, 0.1) is 17.0 Å². The van der Waals surface area contributed by atoms with Crippen molar-refractivity contribution in [1.29, 1.82) is 5.41 Å². The van der Waals surface area contributed by atoms with Gasteiger partial charge in [0, 0.05) is 29.6 Å². The molecule has 0 aliphatic rings. The highest BCUT2D eigenvalue weighted by molar-refractivity contribution is 6.00. The summed E-state index contributed by atoms with van der Waals surface area (Å²) in [4.78, 5) is 0. The summed E-state index contributed by atoms with van der Waals surface area (Å²) in [5.74, 6) is -0.596. The van der Waals surface area contributed by atoms with Crippen LogP contribution in [0.4, 0.5) is 14.5 Å². The molecule has 0 aliphatic carbocycles. The van der Waals surface area contributed by atoms with Gasteiger partial charge in [-0.2, -0.15) is 0 Å². The zero-order chi connectivity index (χ0) is 22.4. The minimum Gasteiger partial charge on any atom is -0.492 e. The lowest BCUT2D eigenvalue weighted by Crippen LogP contribution is -2.10. The molecule has 0 fully saturated rings. The molecule has 0 unspecified atom stereocenters. The number of nitrogen functional groups attached to an aromatic ring is 1. The monoisotopic (exact) mass is 421 g/mol. The number of hydrogen-bond donors (Lipinski definition) is 3. The second kappa shape index (κ2) is 10.00. The summed E-state index contributed by atoms with van der Waals surface area (Å²) in [5.41, 5.74) is 15.0. The van der Waals surface area contributed by atoms with Crippen LogP contribution in [-0.4, -0.2) is 19.4 Å². The standard InChI is InChI=1S/C25H25F2N3O/c1-2-20(25-21(26)4-3-5-22(25)27)24(17-8-11-23(30)18(14-17)15-29)16-6-9-19(10-7-16)31-13-12-28/h3-11,14-15,29H,2,12-13,28,30H2,1H3/b24-20+,29-15?. The fourth-order valence-corrected chi connectivity index (χ4v) is 3.53. The Morgan fingerprint density at radius 1 is 1.00 bits per heavy atom. The molecule has 0 spiro atoms. The molecular formula is C25H25F2N3O. The normalized spacial score (nSPS) is 11.7. The van der Waals surface area contributed by atoms with Crippen LogP contribution in [0.2, 0.25) is 0 Å². The molecule has 4 nitrogen and oxygen atoms in total. The maximum atomic E-state index is 14.7. The minimum absolute atomic E-state index is 0.0586. The number of allylic oxidation sites excluding steroid dienone is 1. The highest BCUT2D eigenvalue weighted by Gasteiger charge is 2.19. The maximum Gasteiger partial charge on any atom is 0.133 e. The van der Waals surface area contributed by atoms with Gasteiger partial charge in [-0.3, -0.25) is 0 Å². The van der Waals surface area contributed by atoms with Crippen LogP contribution in [0.5, 0.6) is 5.75 Å². The van der Waals surface area contributed by atoms with Crippen molar-refractivity contribution >= 4 is 23.0 Å². The van der Waals surface area contributed by atoms with Crippen molar-refractivity contribution < 1.29 is 13.5 Å². The first-order valence-electron chi connectivity index (χ1n) is 10.0. The largest absolute Gasteiger partial charge is 0.492 e. The van der Waals surface area contributed by atoms with Gasteiger partial charge in [-0.05, 0) is 65.1 Å². The molecule has 0 amide bonds. The number of nitrogens with two attached hydrogens (primary N) is 2. The number of halogens is 2. The molecule has 0 saturated carbocycles. The van der Waals surface area contributed by atoms with Crippen LogP contribution in [0.1, 0.15) is 35.6 Å². The van der Waals surface area contributed by atoms with Crippen LogP contribution in [0.3, 0.4) is 0 Å². The Balaban J connectivity index is 2.28. The molecule has 160 valence electrons. The summed E-state index contributed by atoms with van der Waals surface area (Å²) in [6.45, 7) is 2.65. The Morgan fingerprint density at radius 3 is 2.23 bits per heavy atom. The number of hydrogen-bond acceptors (Lipinski definition) is 4. The molecule has 0 radical (unpaired) electrons. The number of benzene rings is 3. The van der Waals surface area contributed by atoms with E-state index in [0.717, 1.165) is 11.8 Å². The summed E-state index contributed by atoms with van der Waals surface area (Å²) in [6.07, 6.45) is 1.55. The topological polar surface area (TPSA) is 85.1 Å². The Labute approximate surface area is 180 Å². The van der Waals surface area contributed by atoms with Gasteiger partial charge in [-0.1, -0.05) is 31.2 Å². The molecule has 3 aromatic carbocycles. The zero-order valence-electron chi connectivity index (χ0n) is 17.3. The number of ether oxygens (including phenoxy) is 1. The summed E-state index contributed by atoms with van der Waals surface area (Å²) < 4.78 is 35.0. The summed E-state index contributed by atoms with van der Waals surface area (Å²) in [5, 5.41) is 7.64. The van der Waals surface area contributed by atoms with E-state index >= 15 is 0 Å². The minimum atomic E-state index is -0.625. The van der Waals surface area contributed by atoms with Crippen LogP contribution in [0.15, 0.2) is 60.7 Å². The van der Waals surface area contributed by atoms with Gasteiger partial charge in [0.1, 0.15) is 24.0 Å². The van der Waals surface area contributed by atoms with Gasteiger partial charge < -0.3 is 21.6 Å². The molecule has 31 heavy (non-hydrogen) atoms. The summed E-state index contributed by atoms with van der Waals surface area (Å²) >= 11 is 0. The lowest BCUT2D eigenvalue weighted by atomic mass is 9.87. The number of rotatable bonds is 8. The van der Waals surface area contributed by atoms with Crippen LogP contribution in [0.25, 0.3) is 11.1 Å². The maximum absolute atomic E-state index is 14.7. The van der Waals surface area contributed by atoms with E-state index in [0.29, 0.717) is 53.3 Å². The van der Waals surface area contributed by atoms with Gasteiger partial charge in [-0.15, -0.1) is 0 Å². The number of anilines is 1. The quantitative estimate of drug-likeness (QED) is 0.264. The van der Waals surface area contributed by atoms with Gasteiger partial charge in [0.05, 0.1) is 0 Å². The average Bonchev–Trinajstić information content (AvgIpc) is 2.78. The van der Waals surface area contributed by atoms with Gasteiger partial charge in [0.25, 0.3) is 0 Å². The third kappa shape index (κ3) is 4.81. The Bertz CT molecular complexity index is 1090. The summed E-state index contributed by atoms with van der Waals surface area (Å²) in [6, 6.07) is 16.4. The van der Waals surface area contributed by atoms with Gasteiger partial charge >= 0.3 is 0 Å². The molecule has 3 aromatic rings. The first-order chi connectivity index (χ1) is 15.0. The van der Waals surface area contributed by atoms with Crippen LogP contribution < -0.4 is 16.2 Å². The lowest BCUT2D eigenvalue weighted by Gasteiger charge is -2.18. The molecule has 0 heterocycles. The predicted octanol–water partition coefficient (Wildman–Crippen LogP) is 5.25. The molecule has 0 atom stereocenters. The van der Waals surface area contributed by atoms with Crippen molar-refractivity contribution in [1.82, 2.24) is 0 Å². The third-order valence-electron chi connectivity index (χ3n) is 4.98. The Morgan fingerprint density at radius 2 is 1.65 bits per heavy atom. The smallest absolute Gasteiger partial charge is 0.133 e. The van der Waals surface area contributed by atoms with E-state index in [4.69, 9.17) is 21.6 Å². The van der Waals surface area contributed by atoms with Crippen molar-refractivity contribution in [3.63, 3.8) is 0 Å². The van der Waals surface area contributed by atoms with Gasteiger partial charge in [0.15, 0.2) is 0 Å². The first kappa shape index (κ1) is 22.2. The molecular weight excluding hydrogens is 396 g/mol. The second-order valence-corrected chi connectivity index (χ2v) is 6.95. The fraction of sp³-hybridized carbons (Fsp3) is 0.160. The lowest BCUT2D eigenvalue weighted by molar-refractivity contribution is 0.328. The summed E-state index contributed by atoms with van der Waals surface area (Å²) in [7, 11) is 0. The van der Waals surface area contributed by atoms with Crippen molar-refractivity contribution in [2.45, 2.75) is 13.3 Å². The van der Waals surface area contributed by atoms with E-state index < -0.39 is 11.6 Å². The predicted molar refractivity (Wildman–Crippen MR) is 122 cm³/mol. The van der Waals surface area contributed by atoms with E-state index in [2.05, 4.69) is 0 Å². The third-order valence-corrected chi connectivity index (χ3v) is 4.98. The van der Waals surface area contributed by atoms with E-state index in [-0.39, 0.29) is 5.56 Å². The van der Waals surface area contributed by atoms with E-state index in [1.165, 1.54) is 18.2 Å². The van der Waals surface area contributed by atoms with E-state index in [1.54, 1.807) is 30.3 Å². The van der Waals surface area contributed by atoms with E-state index in [9.17, 15) is 8.78 Å². The molecule has 0 aliphatic heterocycles. The van der Waals surface area contributed by atoms with Gasteiger partial charge in [-0.25, -0.2) is 8.78 Å². The van der Waals surface area contributed by atoms with Crippen molar-refractivity contribution in [3.8, 4) is 5.75 Å². The first-order valence-corrected chi connectivity index (χ1v) is 10.0. The molecule has 5 N–H and O–H groups in total. The molecule has 0 bridgehead atoms. The second-order valence-electron chi connectivity index (χ2n) is 6.95. The molecule has 0 saturated heterocycles. The van der Waals surface area contributed by atoms with Gasteiger partial charge in [0.2, 0.25) is 0 Å². The van der Waals surface area contributed by atoms with Crippen molar-refractivity contribution in [3.05, 3.63) is 94.6 Å². The molecule has 0 aromatic heterocycles. The zero-order valence-corrected chi connectivity index (χ0v) is 17.3.